The van der Waals surface area contributed by atoms with E-state index in [1.807, 2.05) is 12.1 Å². The lowest BCUT2D eigenvalue weighted by Gasteiger charge is -2.11. The highest BCUT2D eigenvalue weighted by Gasteiger charge is 2.17. The van der Waals surface area contributed by atoms with Crippen molar-refractivity contribution in [1.29, 1.82) is 0 Å². The van der Waals surface area contributed by atoms with Gasteiger partial charge in [-0.15, -0.1) is 6.42 Å². The molecular weight excluding hydrogens is 394 g/mol. The third-order valence-corrected chi connectivity index (χ3v) is 4.36. The van der Waals surface area contributed by atoms with Gasteiger partial charge in [-0.3, -0.25) is 4.79 Å². The molecule has 0 fully saturated rings. The van der Waals surface area contributed by atoms with E-state index in [0.29, 0.717) is 22.8 Å². The molecule has 0 saturated heterocycles. The van der Waals surface area contributed by atoms with Crippen molar-refractivity contribution in [2.45, 2.75) is 26.7 Å². The van der Waals surface area contributed by atoms with Crippen molar-refractivity contribution in [2.24, 2.45) is 5.11 Å². The SMILES string of the molecule is C#CCOc1ccc(C=C(N=[N+]=[N-])C(=O)OCC)c(C(=O)c2ccc(C(C)C)cc2)c1. The van der Waals surface area contributed by atoms with Crippen LogP contribution in [0, 0.1) is 12.3 Å². The number of ketones is 1. The standard InChI is InChI=1S/C24H23N3O4/c1-5-13-31-20-12-11-19(14-22(26-27-25)24(29)30-6-2)21(15-20)23(28)18-9-7-17(8-10-18)16(3)4/h1,7-12,14-16H,6,13H2,2-4H3. The van der Waals surface area contributed by atoms with Crippen LogP contribution in [0.1, 0.15) is 53.7 Å². The topological polar surface area (TPSA) is 101 Å². The smallest absolute Gasteiger partial charge is 0.340 e. The van der Waals surface area contributed by atoms with Gasteiger partial charge >= 0.3 is 5.97 Å². The number of rotatable bonds is 9. The van der Waals surface area contributed by atoms with Gasteiger partial charge in [-0.05, 0) is 47.7 Å². The van der Waals surface area contributed by atoms with Crippen LogP contribution >= 0.6 is 0 Å². The molecule has 2 aromatic rings. The second kappa shape index (κ2) is 11.2. The summed E-state index contributed by atoms with van der Waals surface area (Å²) in [4.78, 5) is 28.1. The monoisotopic (exact) mass is 417 g/mol. The summed E-state index contributed by atoms with van der Waals surface area (Å²) in [7, 11) is 0. The number of benzene rings is 2. The number of ether oxygens (including phenoxy) is 2. The van der Waals surface area contributed by atoms with E-state index in [0.717, 1.165) is 5.56 Å². The second-order valence-corrected chi connectivity index (χ2v) is 6.79. The zero-order valence-corrected chi connectivity index (χ0v) is 17.7. The minimum Gasteiger partial charge on any atom is -0.481 e. The molecule has 0 amide bonds. The van der Waals surface area contributed by atoms with Crippen molar-refractivity contribution in [3.63, 3.8) is 0 Å². The van der Waals surface area contributed by atoms with Gasteiger partial charge in [0.25, 0.3) is 0 Å². The molecule has 0 atom stereocenters. The highest BCUT2D eigenvalue weighted by atomic mass is 16.5. The van der Waals surface area contributed by atoms with Gasteiger partial charge in [-0.25, -0.2) is 4.79 Å². The largest absolute Gasteiger partial charge is 0.481 e. The predicted octanol–water partition coefficient (Wildman–Crippen LogP) is 5.27. The minimum atomic E-state index is -0.785. The van der Waals surface area contributed by atoms with Crippen molar-refractivity contribution >= 4 is 17.8 Å². The molecule has 0 aromatic heterocycles. The number of terminal acetylenes is 1. The first kappa shape index (κ1) is 23.3. The second-order valence-electron chi connectivity index (χ2n) is 6.79. The first-order chi connectivity index (χ1) is 14.9. The molecule has 2 rings (SSSR count). The molecule has 0 spiro atoms. The molecule has 7 heteroatoms. The van der Waals surface area contributed by atoms with Crippen LogP contribution in [0.3, 0.4) is 0 Å². The first-order valence-corrected chi connectivity index (χ1v) is 9.70. The maximum Gasteiger partial charge on any atom is 0.340 e. The zero-order valence-electron chi connectivity index (χ0n) is 17.7. The Balaban J connectivity index is 2.57. The van der Waals surface area contributed by atoms with E-state index in [1.54, 1.807) is 37.3 Å². The molecule has 0 N–H and O–H groups in total. The van der Waals surface area contributed by atoms with Crippen molar-refractivity contribution in [3.05, 3.63) is 80.9 Å². The Kier molecular flexibility index (Phi) is 8.44. The lowest BCUT2D eigenvalue weighted by molar-refractivity contribution is -0.138. The lowest BCUT2D eigenvalue weighted by Crippen LogP contribution is -2.08. The third kappa shape index (κ3) is 6.23. The summed E-state index contributed by atoms with van der Waals surface area (Å²) in [5.74, 6) is 2.04. The van der Waals surface area contributed by atoms with E-state index in [2.05, 4.69) is 29.8 Å². The van der Waals surface area contributed by atoms with Gasteiger partial charge in [0.15, 0.2) is 5.78 Å². The third-order valence-electron chi connectivity index (χ3n) is 4.36. The van der Waals surface area contributed by atoms with E-state index < -0.39 is 5.97 Å². The number of esters is 1. The fourth-order valence-electron chi connectivity index (χ4n) is 2.78. The molecule has 0 aliphatic heterocycles. The number of hydrogen-bond donors (Lipinski definition) is 0. The Morgan fingerprint density at radius 2 is 1.94 bits per heavy atom. The molecule has 2 aromatic carbocycles. The van der Waals surface area contributed by atoms with Gasteiger partial charge in [0.05, 0.1) is 6.61 Å². The van der Waals surface area contributed by atoms with E-state index in [1.165, 1.54) is 6.08 Å². The molecule has 31 heavy (non-hydrogen) atoms. The number of azide groups is 1. The molecule has 0 aliphatic carbocycles. The number of carbonyl (C=O) groups excluding carboxylic acids is 2. The highest BCUT2D eigenvalue weighted by molar-refractivity contribution is 6.11. The van der Waals surface area contributed by atoms with E-state index in [9.17, 15) is 9.59 Å². The minimum absolute atomic E-state index is 0.0404. The highest BCUT2D eigenvalue weighted by Crippen LogP contribution is 2.25. The molecule has 0 saturated carbocycles. The Bertz CT molecular complexity index is 1070. The number of nitrogens with zero attached hydrogens (tertiary/aromatic N) is 3. The summed E-state index contributed by atoms with van der Waals surface area (Å²) < 4.78 is 10.4. The van der Waals surface area contributed by atoms with Gasteiger partial charge in [0.1, 0.15) is 18.1 Å². The van der Waals surface area contributed by atoms with E-state index in [4.69, 9.17) is 21.4 Å². The van der Waals surface area contributed by atoms with Gasteiger partial charge in [-0.2, -0.15) is 0 Å². The van der Waals surface area contributed by atoms with E-state index in [-0.39, 0.29) is 30.3 Å². The van der Waals surface area contributed by atoms with Crippen molar-refractivity contribution < 1.29 is 19.1 Å². The summed E-state index contributed by atoms with van der Waals surface area (Å²) in [6, 6.07) is 12.0. The Morgan fingerprint density at radius 3 is 2.52 bits per heavy atom. The zero-order chi connectivity index (χ0) is 22.8. The number of hydrogen-bond acceptors (Lipinski definition) is 5. The van der Waals surface area contributed by atoms with Crippen LogP contribution in [-0.2, 0) is 9.53 Å². The average molecular weight is 417 g/mol. The molecule has 0 heterocycles. The van der Waals surface area contributed by atoms with Crippen molar-refractivity contribution in [3.8, 4) is 18.1 Å². The molecular formula is C24H23N3O4. The summed E-state index contributed by atoms with van der Waals surface area (Å²) >= 11 is 0. The van der Waals surface area contributed by atoms with Gasteiger partial charge in [-0.1, -0.05) is 55.2 Å². The maximum absolute atomic E-state index is 13.3. The fourth-order valence-corrected chi connectivity index (χ4v) is 2.78. The Hall–Kier alpha value is -4.01. The van der Waals surface area contributed by atoms with Crippen LogP contribution < -0.4 is 4.74 Å². The summed E-state index contributed by atoms with van der Waals surface area (Å²) in [5, 5.41) is 3.41. The predicted molar refractivity (Wildman–Crippen MR) is 118 cm³/mol. The Morgan fingerprint density at radius 1 is 1.23 bits per heavy atom. The maximum atomic E-state index is 13.3. The normalized spacial score (nSPS) is 10.7. The van der Waals surface area contributed by atoms with Crippen LogP contribution in [0.4, 0.5) is 0 Å². The quantitative estimate of drug-likeness (QED) is 0.105. The van der Waals surface area contributed by atoms with Crippen LogP contribution in [0.5, 0.6) is 5.75 Å². The number of carbonyl (C=O) groups is 2. The lowest BCUT2D eigenvalue weighted by atomic mass is 9.95. The van der Waals surface area contributed by atoms with Crippen LogP contribution in [0.15, 0.2) is 53.3 Å². The molecule has 0 aliphatic rings. The summed E-state index contributed by atoms with van der Waals surface area (Å²) in [6.07, 6.45) is 6.56. The molecule has 7 nitrogen and oxygen atoms in total. The Labute approximate surface area is 181 Å². The van der Waals surface area contributed by atoms with Gasteiger partial charge in [0, 0.05) is 16.0 Å². The summed E-state index contributed by atoms with van der Waals surface area (Å²) in [6.45, 7) is 5.93. The van der Waals surface area contributed by atoms with Gasteiger partial charge < -0.3 is 9.47 Å². The van der Waals surface area contributed by atoms with Crippen LogP contribution in [0.25, 0.3) is 16.5 Å². The first-order valence-electron chi connectivity index (χ1n) is 9.70. The molecule has 0 radical (unpaired) electrons. The molecule has 0 unspecified atom stereocenters. The fraction of sp³-hybridized carbons (Fsp3) is 0.250. The van der Waals surface area contributed by atoms with Gasteiger partial charge in [0.2, 0.25) is 0 Å². The van der Waals surface area contributed by atoms with Crippen LogP contribution in [0.2, 0.25) is 0 Å². The average Bonchev–Trinajstić information content (AvgIpc) is 2.77. The van der Waals surface area contributed by atoms with E-state index >= 15 is 0 Å². The van der Waals surface area contributed by atoms with Crippen LogP contribution in [-0.4, -0.2) is 25.0 Å². The summed E-state index contributed by atoms with van der Waals surface area (Å²) in [5.41, 5.74) is 10.8. The molecule has 158 valence electrons. The van der Waals surface area contributed by atoms with Crippen molar-refractivity contribution in [1.82, 2.24) is 0 Å². The van der Waals surface area contributed by atoms with Crippen molar-refractivity contribution in [2.75, 3.05) is 13.2 Å². The molecule has 0 bridgehead atoms.